The molecule has 0 unspecified atom stereocenters. The summed E-state index contributed by atoms with van der Waals surface area (Å²) >= 11 is 0. The molecule has 0 spiro atoms. The van der Waals surface area contributed by atoms with E-state index in [2.05, 4.69) is 18.7 Å². The van der Waals surface area contributed by atoms with Crippen molar-refractivity contribution in [2.75, 3.05) is 17.7 Å². The zero-order chi connectivity index (χ0) is 13.1. The average molecular weight is 245 g/mol. The summed E-state index contributed by atoms with van der Waals surface area (Å²) in [6.07, 6.45) is 8.14. The van der Waals surface area contributed by atoms with Crippen LogP contribution in [0.25, 0.3) is 0 Å². The maximum Gasteiger partial charge on any atom is 0.143 e. The van der Waals surface area contributed by atoms with Crippen molar-refractivity contribution in [1.82, 2.24) is 4.90 Å². The molecule has 0 saturated heterocycles. The highest BCUT2D eigenvalue weighted by Gasteiger charge is 2.09. The molecule has 0 saturated carbocycles. The zero-order valence-electron chi connectivity index (χ0n) is 11.0. The Morgan fingerprint density at radius 3 is 2.33 bits per heavy atom. The van der Waals surface area contributed by atoms with Crippen LogP contribution in [-0.4, -0.2) is 18.1 Å². The van der Waals surface area contributed by atoms with Crippen LogP contribution >= 0.6 is 0 Å². The fourth-order valence-corrected chi connectivity index (χ4v) is 1.77. The number of rotatable bonds is 3. The summed E-state index contributed by atoms with van der Waals surface area (Å²) in [7, 11) is 1.62. The van der Waals surface area contributed by atoms with E-state index in [1.165, 1.54) is 0 Å². The first-order valence-electron chi connectivity index (χ1n) is 5.98. The van der Waals surface area contributed by atoms with Gasteiger partial charge in [0.05, 0.1) is 12.8 Å². The van der Waals surface area contributed by atoms with Crippen LogP contribution in [0, 0.1) is 0 Å². The number of hydrogen-bond donors (Lipinski definition) is 1. The maximum absolute atomic E-state index is 5.80. The Labute approximate surface area is 108 Å². The summed E-state index contributed by atoms with van der Waals surface area (Å²) in [5.41, 5.74) is 7.48. The highest BCUT2D eigenvalue weighted by Crippen LogP contribution is 2.28. The van der Waals surface area contributed by atoms with Crippen molar-refractivity contribution >= 4 is 11.4 Å². The van der Waals surface area contributed by atoms with E-state index in [1.807, 2.05) is 47.9 Å². The van der Waals surface area contributed by atoms with Gasteiger partial charge in [-0.1, -0.05) is 0 Å². The van der Waals surface area contributed by atoms with Gasteiger partial charge in [-0.25, -0.2) is 0 Å². The normalized spacial score (nSPS) is 14.4. The summed E-state index contributed by atoms with van der Waals surface area (Å²) < 4.78 is 5.23. The van der Waals surface area contributed by atoms with Gasteiger partial charge < -0.3 is 20.3 Å². The highest BCUT2D eigenvalue weighted by molar-refractivity contribution is 5.64. The molecule has 0 atom stereocenters. The van der Waals surface area contributed by atoms with Crippen LogP contribution < -0.4 is 15.4 Å². The lowest BCUT2D eigenvalue weighted by Crippen LogP contribution is -2.24. The number of hydrogen-bond acceptors (Lipinski definition) is 4. The quantitative estimate of drug-likeness (QED) is 0.831. The molecule has 4 heteroatoms. The van der Waals surface area contributed by atoms with Gasteiger partial charge in [-0.2, -0.15) is 0 Å². The Bertz CT molecular complexity index is 466. The van der Waals surface area contributed by atoms with Crippen LogP contribution in [-0.2, 0) is 0 Å². The summed E-state index contributed by atoms with van der Waals surface area (Å²) in [4.78, 5) is 4.17. The van der Waals surface area contributed by atoms with Crippen LogP contribution in [0.5, 0.6) is 5.75 Å². The van der Waals surface area contributed by atoms with Gasteiger partial charge >= 0.3 is 0 Å². The van der Waals surface area contributed by atoms with E-state index in [1.54, 1.807) is 7.11 Å². The number of anilines is 2. The molecule has 0 bridgehead atoms. The molecular formula is C14H19N3O. The third kappa shape index (κ3) is 2.42. The van der Waals surface area contributed by atoms with Crippen molar-refractivity contribution in [2.24, 2.45) is 0 Å². The molecule has 1 aliphatic heterocycles. The van der Waals surface area contributed by atoms with Gasteiger partial charge in [0.1, 0.15) is 5.75 Å². The fraction of sp³-hybridized carbons (Fsp3) is 0.286. The zero-order valence-corrected chi connectivity index (χ0v) is 11.0. The predicted octanol–water partition coefficient (Wildman–Crippen LogP) is 2.75. The number of nitrogens with zero attached hydrogens (tertiary/aromatic N) is 2. The largest absolute Gasteiger partial charge is 0.495 e. The monoisotopic (exact) mass is 245 g/mol. The van der Waals surface area contributed by atoms with Crippen molar-refractivity contribution in [3.63, 3.8) is 0 Å². The molecular weight excluding hydrogens is 226 g/mol. The molecule has 2 rings (SSSR count). The van der Waals surface area contributed by atoms with E-state index in [0.29, 0.717) is 17.5 Å². The van der Waals surface area contributed by atoms with Crippen molar-refractivity contribution in [3.8, 4) is 5.75 Å². The molecule has 1 heterocycles. The SMILES string of the molecule is COc1cc(N2C=CN(C(C)C)C=C2)ccc1N. The number of benzene rings is 1. The lowest BCUT2D eigenvalue weighted by molar-refractivity contribution is 0.410. The third-order valence-electron chi connectivity index (χ3n) is 2.91. The lowest BCUT2D eigenvalue weighted by Gasteiger charge is -2.27. The molecule has 0 amide bonds. The molecule has 4 nitrogen and oxygen atoms in total. The molecule has 18 heavy (non-hydrogen) atoms. The fourth-order valence-electron chi connectivity index (χ4n) is 1.77. The van der Waals surface area contributed by atoms with E-state index in [-0.39, 0.29) is 0 Å². The van der Waals surface area contributed by atoms with Crippen LogP contribution in [0.4, 0.5) is 11.4 Å². The first kappa shape index (κ1) is 12.4. The summed E-state index contributed by atoms with van der Waals surface area (Å²) in [5.74, 6) is 0.695. The van der Waals surface area contributed by atoms with E-state index in [9.17, 15) is 0 Å². The molecule has 2 N–H and O–H groups in total. The minimum Gasteiger partial charge on any atom is -0.495 e. The molecule has 1 aromatic carbocycles. The van der Waals surface area contributed by atoms with E-state index < -0.39 is 0 Å². The number of methoxy groups -OCH3 is 1. The van der Waals surface area contributed by atoms with Crippen LogP contribution in [0.3, 0.4) is 0 Å². The Balaban J connectivity index is 2.19. The second kappa shape index (κ2) is 5.04. The van der Waals surface area contributed by atoms with Gasteiger partial charge in [-0.05, 0) is 26.0 Å². The van der Waals surface area contributed by atoms with Crippen molar-refractivity contribution in [1.29, 1.82) is 0 Å². The molecule has 0 aromatic heterocycles. The first-order chi connectivity index (χ1) is 8.61. The minimum absolute atomic E-state index is 0.459. The predicted molar refractivity (Wildman–Crippen MR) is 75.1 cm³/mol. The Kier molecular flexibility index (Phi) is 3.46. The summed E-state index contributed by atoms with van der Waals surface area (Å²) in [5, 5.41) is 0. The second-order valence-electron chi connectivity index (χ2n) is 4.47. The molecule has 0 fully saturated rings. The summed E-state index contributed by atoms with van der Waals surface area (Å²) in [6.45, 7) is 4.30. The highest BCUT2D eigenvalue weighted by atomic mass is 16.5. The van der Waals surface area contributed by atoms with Crippen LogP contribution in [0.2, 0.25) is 0 Å². The van der Waals surface area contributed by atoms with Gasteiger partial charge in [0.25, 0.3) is 0 Å². The summed E-state index contributed by atoms with van der Waals surface area (Å²) in [6, 6.07) is 6.21. The topological polar surface area (TPSA) is 41.7 Å². The van der Waals surface area contributed by atoms with Crippen molar-refractivity contribution < 1.29 is 4.74 Å². The Morgan fingerprint density at radius 1 is 1.11 bits per heavy atom. The van der Waals surface area contributed by atoms with E-state index in [0.717, 1.165) is 5.69 Å². The number of nitrogen functional groups attached to an aromatic ring is 1. The standard InChI is InChI=1S/C14H19N3O/c1-11(2)16-6-8-17(9-7-16)12-4-5-13(15)14(10-12)18-3/h4-11H,15H2,1-3H3. The molecule has 1 aromatic rings. The molecule has 0 radical (unpaired) electrons. The van der Waals surface area contributed by atoms with Gasteiger partial charge in [-0.3, -0.25) is 0 Å². The van der Waals surface area contributed by atoms with E-state index in [4.69, 9.17) is 10.5 Å². The van der Waals surface area contributed by atoms with Crippen LogP contribution in [0.1, 0.15) is 13.8 Å². The molecule has 96 valence electrons. The van der Waals surface area contributed by atoms with Gasteiger partial charge in [0, 0.05) is 42.6 Å². The third-order valence-corrected chi connectivity index (χ3v) is 2.91. The van der Waals surface area contributed by atoms with Crippen molar-refractivity contribution in [3.05, 3.63) is 43.0 Å². The maximum atomic E-state index is 5.80. The second-order valence-corrected chi connectivity index (χ2v) is 4.47. The lowest BCUT2D eigenvalue weighted by atomic mass is 10.2. The minimum atomic E-state index is 0.459. The number of nitrogens with two attached hydrogens (primary N) is 1. The van der Waals surface area contributed by atoms with Gasteiger partial charge in [-0.15, -0.1) is 0 Å². The van der Waals surface area contributed by atoms with Crippen molar-refractivity contribution in [2.45, 2.75) is 19.9 Å². The van der Waals surface area contributed by atoms with Gasteiger partial charge in [0.2, 0.25) is 0 Å². The number of ether oxygens (including phenoxy) is 1. The van der Waals surface area contributed by atoms with Gasteiger partial charge in [0.15, 0.2) is 0 Å². The smallest absolute Gasteiger partial charge is 0.143 e. The Morgan fingerprint density at radius 2 is 1.78 bits per heavy atom. The first-order valence-corrected chi connectivity index (χ1v) is 5.98. The van der Waals surface area contributed by atoms with E-state index >= 15 is 0 Å². The molecule has 1 aliphatic rings. The average Bonchev–Trinajstić information content (AvgIpc) is 2.39. The van der Waals surface area contributed by atoms with Crippen LogP contribution in [0.15, 0.2) is 43.0 Å². The molecule has 0 aliphatic carbocycles. The Hall–Kier alpha value is -2.10.